The van der Waals surface area contributed by atoms with Gasteiger partial charge < -0.3 is 10.1 Å². The van der Waals surface area contributed by atoms with Crippen LogP contribution in [0.3, 0.4) is 0 Å². The van der Waals surface area contributed by atoms with Crippen LogP contribution in [0.2, 0.25) is 0 Å². The number of benzene rings is 2. The van der Waals surface area contributed by atoms with Crippen LogP contribution in [0.1, 0.15) is 40.1 Å². The van der Waals surface area contributed by atoms with Crippen molar-refractivity contribution in [3.8, 4) is 5.75 Å². The molecule has 0 aliphatic carbocycles. The molecular weight excluding hydrogens is 370 g/mol. The average molecular weight is 394 g/mol. The van der Waals surface area contributed by atoms with Crippen LogP contribution < -0.4 is 10.1 Å². The van der Waals surface area contributed by atoms with Gasteiger partial charge in [-0.3, -0.25) is 9.89 Å². The second kappa shape index (κ2) is 7.72. The highest BCUT2D eigenvalue weighted by Gasteiger charge is 2.32. The number of amides is 1. The molecule has 2 aromatic carbocycles. The van der Waals surface area contributed by atoms with Crippen LogP contribution >= 0.6 is 11.8 Å². The Balaban J connectivity index is 1.55. The zero-order chi connectivity index (χ0) is 19.7. The minimum Gasteiger partial charge on any atom is -0.489 e. The lowest BCUT2D eigenvalue weighted by Gasteiger charge is -2.18. The summed E-state index contributed by atoms with van der Waals surface area (Å²) in [4.78, 5) is 12.3. The summed E-state index contributed by atoms with van der Waals surface area (Å²) in [5.41, 5.74) is 5.55. The van der Waals surface area contributed by atoms with E-state index in [1.165, 1.54) is 11.1 Å². The highest BCUT2D eigenvalue weighted by Crippen LogP contribution is 2.44. The number of carbonyl (C=O) groups is 1. The minimum absolute atomic E-state index is 0.0153. The number of aromatic amines is 1. The molecule has 1 aliphatic heterocycles. The SMILES string of the molecule is Cc1ccccc1COc1ccc([C@@H]2S[C@@H](C)C(=O)Nc3n[nH]c(C)c32)cc1. The Morgan fingerprint density at radius 3 is 2.61 bits per heavy atom. The van der Waals surface area contributed by atoms with Crippen LogP contribution in [0.25, 0.3) is 0 Å². The lowest BCUT2D eigenvalue weighted by molar-refractivity contribution is -0.115. The normalized spacial score (nSPS) is 18.9. The van der Waals surface area contributed by atoms with E-state index >= 15 is 0 Å². The van der Waals surface area contributed by atoms with E-state index in [-0.39, 0.29) is 16.4 Å². The molecule has 4 rings (SSSR count). The molecule has 0 radical (unpaired) electrons. The van der Waals surface area contributed by atoms with E-state index in [2.05, 4.69) is 46.7 Å². The molecule has 5 nitrogen and oxygen atoms in total. The van der Waals surface area contributed by atoms with Crippen molar-refractivity contribution in [3.63, 3.8) is 0 Å². The quantitative estimate of drug-likeness (QED) is 0.670. The van der Waals surface area contributed by atoms with E-state index < -0.39 is 0 Å². The largest absolute Gasteiger partial charge is 0.489 e. The number of hydrogen-bond donors (Lipinski definition) is 2. The third-order valence-electron chi connectivity index (χ3n) is 5.05. The van der Waals surface area contributed by atoms with Gasteiger partial charge in [0.25, 0.3) is 0 Å². The lowest BCUT2D eigenvalue weighted by atomic mass is 10.0. The molecule has 0 fully saturated rings. The summed E-state index contributed by atoms with van der Waals surface area (Å²) >= 11 is 1.64. The molecule has 2 N–H and O–H groups in total. The van der Waals surface area contributed by atoms with Crippen LogP contribution in [-0.2, 0) is 11.4 Å². The predicted molar refractivity (Wildman–Crippen MR) is 113 cm³/mol. The summed E-state index contributed by atoms with van der Waals surface area (Å²) in [6, 6.07) is 16.4. The number of anilines is 1. The van der Waals surface area contributed by atoms with Crippen molar-refractivity contribution in [1.29, 1.82) is 0 Å². The standard InChI is InChI=1S/C22H23N3O2S/c1-13-6-4-5-7-17(13)12-27-18-10-8-16(9-11-18)20-19-14(2)24-25-21(19)23-22(26)15(3)28-20/h4-11,15,20H,12H2,1-3H3,(H2,23,24,25,26)/t15-,20-/m0/s1. The molecular formula is C22H23N3O2S. The Kier molecular flexibility index (Phi) is 5.13. The first-order valence-corrected chi connectivity index (χ1v) is 10.3. The van der Waals surface area contributed by atoms with E-state index in [0.29, 0.717) is 12.4 Å². The fourth-order valence-electron chi connectivity index (χ4n) is 3.32. The van der Waals surface area contributed by atoms with Crippen molar-refractivity contribution >= 4 is 23.5 Å². The maximum Gasteiger partial charge on any atom is 0.238 e. The number of hydrogen-bond acceptors (Lipinski definition) is 4. The summed E-state index contributed by atoms with van der Waals surface area (Å²) in [5, 5.41) is 10.1. The van der Waals surface area contributed by atoms with Gasteiger partial charge in [-0.1, -0.05) is 36.4 Å². The number of aryl methyl sites for hydroxylation is 2. The molecule has 28 heavy (non-hydrogen) atoms. The molecule has 0 spiro atoms. The van der Waals surface area contributed by atoms with Crippen LogP contribution in [0.5, 0.6) is 5.75 Å². The van der Waals surface area contributed by atoms with Gasteiger partial charge in [-0.15, -0.1) is 11.8 Å². The van der Waals surface area contributed by atoms with Gasteiger partial charge in [-0.2, -0.15) is 5.10 Å². The minimum atomic E-state index is -0.157. The summed E-state index contributed by atoms with van der Waals surface area (Å²) in [6.45, 7) is 6.55. The van der Waals surface area contributed by atoms with E-state index in [1.54, 1.807) is 11.8 Å². The van der Waals surface area contributed by atoms with Gasteiger partial charge in [0.2, 0.25) is 5.91 Å². The Morgan fingerprint density at radius 1 is 1.11 bits per heavy atom. The van der Waals surface area contributed by atoms with Gasteiger partial charge in [0.15, 0.2) is 5.82 Å². The molecule has 0 bridgehead atoms. The molecule has 1 amide bonds. The Labute approximate surface area is 168 Å². The lowest BCUT2D eigenvalue weighted by Crippen LogP contribution is -2.21. The molecule has 0 saturated heterocycles. The Bertz CT molecular complexity index is 997. The summed E-state index contributed by atoms with van der Waals surface area (Å²) < 4.78 is 5.96. The van der Waals surface area contributed by atoms with E-state index in [1.807, 2.05) is 38.1 Å². The van der Waals surface area contributed by atoms with Gasteiger partial charge in [-0.05, 0) is 49.6 Å². The first kappa shape index (κ1) is 18.6. The molecule has 0 saturated carbocycles. The molecule has 0 unspecified atom stereocenters. The highest BCUT2D eigenvalue weighted by molar-refractivity contribution is 8.01. The van der Waals surface area contributed by atoms with E-state index in [9.17, 15) is 4.79 Å². The van der Waals surface area contributed by atoms with Crippen molar-refractivity contribution in [2.45, 2.75) is 37.9 Å². The Morgan fingerprint density at radius 2 is 1.86 bits per heavy atom. The number of ether oxygens (including phenoxy) is 1. The average Bonchev–Trinajstić information content (AvgIpc) is 2.99. The van der Waals surface area contributed by atoms with Crippen molar-refractivity contribution in [3.05, 3.63) is 76.5 Å². The third kappa shape index (κ3) is 3.64. The van der Waals surface area contributed by atoms with Crippen LogP contribution in [0.4, 0.5) is 5.82 Å². The van der Waals surface area contributed by atoms with Crippen molar-refractivity contribution in [2.75, 3.05) is 5.32 Å². The molecule has 2 atom stereocenters. The predicted octanol–water partition coefficient (Wildman–Crippen LogP) is 4.77. The molecule has 6 heteroatoms. The smallest absolute Gasteiger partial charge is 0.238 e. The number of aromatic nitrogens is 2. The van der Waals surface area contributed by atoms with Gasteiger partial charge >= 0.3 is 0 Å². The van der Waals surface area contributed by atoms with Crippen molar-refractivity contribution in [2.24, 2.45) is 0 Å². The van der Waals surface area contributed by atoms with E-state index in [4.69, 9.17) is 4.74 Å². The zero-order valence-electron chi connectivity index (χ0n) is 16.2. The molecule has 144 valence electrons. The van der Waals surface area contributed by atoms with Crippen molar-refractivity contribution < 1.29 is 9.53 Å². The van der Waals surface area contributed by atoms with Crippen LogP contribution in [-0.4, -0.2) is 21.4 Å². The number of carbonyl (C=O) groups excluding carboxylic acids is 1. The van der Waals surface area contributed by atoms with Gasteiger partial charge in [-0.25, -0.2) is 0 Å². The van der Waals surface area contributed by atoms with Crippen LogP contribution in [0.15, 0.2) is 48.5 Å². The number of nitrogens with one attached hydrogen (secondary N) is 2. The summed E-state index contributed by atoms with van der Waals surface area (Å²) in [6.07, 6.45) is 0. The molecule has 3 aromatic rings. The second-order valence-corrected chi connectivity index (χ2v) is 8.49. The fraction of sp³-hybridized carbons (Fsp3) is 0.273. The zero-order valence-corrected chi connectivity index (χ0v) is 17.0. The van der Waals surface area contributed by atoms with Gasteiger partial charge in [0.1, 0.15) is 12.4 Å². The third-order valence-corrected chi connectivity index (χ3v) is 6.45. The molecule has 2 heterocycles. The maximum absolute atomic E-state index is 12.3. The molecule has 1 aliphatic rings. The monoisotopic (exact) mass is 393 g/mol. The number of rotatable bonds is 4. The number of fused-ring (bicyclic) bond motifs is 1. The highest BCUT2D eigenvalue weighted by atomic mass is 32.2. The number of H-pyrrole nitrogens is 1. The fourth-order valence-corrected chi connectivity index (χ4v) is 4.65. The number of nitrogens with zero attached hydrogens (tertiary/aromatic N) is 1. The Hall–Kier alpha value is -2.73. The first-order valence-electron chi connectivity index (χ1n) is 9.31. The maximum atomic E-state index is 12.3. The van der Waals surface area contributed by atoms with Crippen LogP contribution in [0, 0.1) is 13.8 Å². The number of thioether (sulfide) groups is 1. The second-order valence-electron chi connectivity index (χ2n) is 7.04. The van der Waals surface area contributed by atoms with Gasteiger partial charge in [0, 0.05) is 11.3 Å². The summed E-state index contributed by atoms with van der Waals surface area (Å²) in [7, 11) is 0. The van der Waals surface area contributed by atoms with Gasteiger partial charge in [0.05, 0.1) is 10.5 Å². The van der Waals surface area contributed by atoms with Crippen molar-refractivity contribution in [1.82, 2.24) is 10.2 Å². The first-order chi connectivity index (χ1) is 13.5. The summed E-state index contributed by atoms with van der Waals surface area (Å²) in [5.74, 6) is 1.44. The topological polar surface area (TPSA) is 67.0 Å². The van der Waals surface area contributed by atoms with E-state index in [0.717, 1.165) is 22.6 Å². The molecule has 1 aromatic heterocycles.